The van der Waals surface area contributed by atoms with Gasteiger partial charge in [0.05, 0.1) is 34.7 Å². The van der Waals surface area contributed by atoms with Gasteiger partial charge in [-0.05, 0) is 37.1 Å². The van der Waals surface area contributed by atoms with Gasteiger partial charge in [-0.1, -0.05) is 0 Å². The lowest BCUT2D eigenvalue weighted by Gasteiger charge is -2.24. The predicted octanol–water partition coefficient (Wildman–Crippen LogP) is 2.44. The number of nitriles is 1. The average molecular weight is 334 g/mol. The van der Waals surface area contributed by atoms with Crippen molar-refractivity contribution in [2.24, 2.45) is 0 Å². The third-order valence-electron chi connectivity index (χ3n) is 4.42. The number of pyridine rings is 2. The summed E-state index contributed by atoms with van der Waals surface area (Å²) in [6.45, 7) is 1.50. The normalized spacial score (nSPS) is 15.2. The van der Waals surface area contributed by atoms with E-state index in [9.17, 15) is 0 Å². The monoisotopic (exact) mass is 334 g/mol. The van der Waals surface area contributed by atoms with Gasteiger partial charge in [0.25, 0.3) is 0 Å². The molecule has 1 aliphatic heterocycles. The second kappa shape index (κ2) is 6.42. The first kappa shape index (κ1) is 15.4. The Labute approximate surface area is 145 Å². The summed E-state index contributed by atoms with van der Waals surface area (Å²) in [6, 6.07) is 9.74. The first-order valence-electron chi connectivity index (χ1n) is 8.23. The van der Waals surface area contributed by atoms with Crippen molar-refractivity contribution in [3.63, 3.8) is 0 Å². The number of nitrogen functional groups attached to an aromatic ring is 1. The molecule has 0 radical (unpaired) electrons. The second-order valence-corrected chi connectivity index (χ2v) is 6.08. The van der Waals surface area contributed by atoms with Gasteiger partial charge in [-0.25, -0.2) is 9.50 Å². The van der Waals surface area contributed by atoms with Crippen LogP contribution < -0.4 is 11.1 Å². The number of hydrogen-bond donors (Lipinski definition) is 2. The Morgan fingerprint density at radius 1 is 1.28 bits per heavy atom. The zero-order valence-corrected chi connectivity index (χ0v) is 13.6. The third-order valence-corrected chi connectivity index (χ3v) is 4.42. The molecule has 0 aromatic carbocycles. The summed E-state index contributed by atoms with van der Waals surface area (Å²) < 4.78 is 7.13. The predicted molar refractivity (Wildman–Crippen MR) is 95.0 cm³/mol. The van der Waals surface area contributed by atoms with Gasteiger partial charge >= 0.3 is 0 Å². The molecule has 4 heterocycles. The van der Waals surface area contributed by atoms with Crippen LogP contribution in [0.1, 0.15) is 18.4 Å². The molecule has 126 valence electrons. The van der Waals surface area contributed by atoms with Gasteiger partial charge in [0.1, 0.15) is 5.82 Å². The van der Waals surface area contributed by atoms with Crippen LogP contribution in [-0.4, -0.2) is 33.9 Å². The highest BCUT2D eigenvalue weighted by atomic mass is 16.5. The smallest absolute Gasteiger partial charge is 0.150 e. The number of anilines is 2. The molecule has 1 aliphatic rings. The van der Waals surface area contributed by atoms with Gasteiger partial charge < -0.3 is 15.8 Å². The fourth-order valence-corrected chi connectivity index (χ4v) is 3.02. The fraction of sp³-hybridized carbons (Fsp3) is 0.278. The Balaban J connectivity index is 1.71. The van der Waals surface area contributed by atoms with Crippen LogP contribution in [0.15, 0.2) is 36.7 Å². The number of ether oxygens (including phenoxy) is 1. The molecule has 4 rings (SSSR count). The summed E-state index contributed by atoms with van der Waals surface area (Å²) in [5.41, 5.74) is 9.78. The highest BCUT2D eigenvalue weighted by molar-refractivity contribution is 5.80. The molecule has 0 bridgehead atoms. The SMILES string of the molecule is N#Cc1ccn2ncc(-c3ccc(N)c(NC4CCOCC4)n3)c2c1. The van der Waals surface area contributed by atoms with Gasteiger partial charge in [0, 0.05) is 31.0 Å². The van der Waals surface area contributed by atoms with Gasteiger partial charge in [-0.3, -0.25) is 0 Å². The van der Waals surface area contributed by atoms with E-state index in [1.165, 1.54) is 0 Å². The molecule has 0 atom stereocenters. The minimum Gasteiger partial charge on any atom is -0.396 e. The van der Waals surface area contributed by atoms with E-state index in [2.05, 4.69) is 16.5 Å². The van der Waals surface area contributed by atoms with Crippen molar-refractivity contribution in [3.05, 3.63) is 42.2 Å². The summed E-state index contributed by atoms with van der Waals surface area (Å²) in [5, 5.41) is 16.9. The third kappa shape index (κ3) is 2.99. The molecule has 0 aliphatic carbocycles. The highest BCUT2D eigenvalue weighted by Gasteiger charge is 2.16. The number of rotatable bonds is 3. The van der Waals surface area contributed by atoms with Crippen molar-refractivity contribution in [2.45, 2.75) is 18.9 Å². The number of nitrogens with zero attached hydrogens (tertiary/aromatic N) is 4. The summed E-state index contributed by atoms with van der Waals surface area (Å²) in [5.74, 6) is 0.681. The van der Waals surface area contributed by atoms with Crippen LogP contribution in [-0.2, 0) is 4.74 Å². The highest BCUT2D eigenvalue weighted by Crippen LogP contribution is 2.28. The van der Waals surface area contributed by atoms with E-state index in [4.69, 9.17) is 20.7 Å². The first-order chi connectivity index (χ1) is 12.2. The fourth-order valence-electron chi connectivity index (χ4n) is 3.02. The maximum Gasteiger partial charge on any atom is 0.150 e. The molecule has 7 nitrogen and oxygen atoms in total. The molecule has 3 N–H and O–H groups in total. The van der Waals surface area contributed by atoms with E-state index < -0.39 is 0 Å². The lowest BCUT2D eigenvalue weighted by atomic mass is 10.1. The Hall–Kier alpha value is -3.11. The van der Waals surface area contributed by atoms with Crippen LogP contribution in [0, 0.1) is 11.3 Å². The lowest BCUT2D eigenvalue weighted by Crippen LogP contribution is -2.28. The molecule has 0 unspecified atom stereocenters. The molecular formula is C18H18N6O. The molecule has 3 aromatic heterocycles. The molecule has 7 heteroatoms. The zero-order valence-electron chi connectivity index (χ0n) is 13.6. The van der Waals surface area contributed by atoms with Crippen LogP contribution in [0.5, 0.6) is 0 Å². The van der Waals surface area contributed by atoms with Gasteiger partial charge in [-0.2, -0.15) is 10.4 Å². The number of fused-ring (bicyclic) bond motifs is 1. The molecule has 0 spiro atoms. The molecule has 25 heavy (non-hydrogen) atoms. The van der Waals surface area contributed by atoms with Crippen LogP contribution >= 0.6 is 0 Å². The zero-order chi connectivity index (χ0) is 17.2. The minimum absolute atomic E-state index is 0.313. The van der Waals surface area contributed by atoms with E-state index in [-0.39, 0.29) is 0 Å². The van der Waals surface area contributed by atoms with Crippen LogP contribution in [0.3, 0.4) is 0 Å². The van der Waals surface area contributed by atoms with Crippen molar-refractivity contribution in [1.82, 2.24) is 14.6 Å². The van der Waals surface area contributed by atoms with Crippen LogP contribution in [0.2, 0.25) is 0 Å². The number of nitrogens with one attached hydrogen (secondary N) is 1. The first-order valence-corrected chi connectivity index (χ1v) is 8.23. The molecule has 1 saturated heterocycles. The summed E-state index contributed by atoms with van der Waals surface area (Å²) >= 11 is 0. The Morgan fingerprint density at radius 3 is 2.92 bits per heavy atom. The molecule has 1 fully saturated rings. The van der Waals surface area contributed by atoms with Crippen LogP contribution in [0.4, 0.5) is 11.5 Å². The standard InChI is InChI=1S/C18H18N6O/c19-10-12-3-6-24-17(9-12)14(11-21-24)16-2-1-15(20)18(23-16)22-13-4-7-25-8-5-13/h1-3,6,9,11,13H,4-5,7-8,20H2,(H,22,23). The summed E-state index contributed by atoms with van der Waals surface area (Å²) in [6.07, 6.45) is 5.41. The van der Waals surface area contributed by atoms with Crippen molar-refractivity contribution in [3.8, 4) is 17.3 Å². The minimum atomic E-state index is 0.313. The molecule has 0 amide bonds. The Kier molecular flexibility index (Phi) is 3.96. The summed E-state index contributed by atoms with van der Waals surface area (Å²) in [4.78, 5) is 4.70. The van der Waals surface area contributed by atoms with E-state index in [0.29, 0.717) is 23.1 Å². The number of nitrogens with two attached hydrogens (primary N) is 1. The Bertz CT molecular complexity index is 952. The molecular weight excluding hydrogens is 316 g/mol. The van der Waals surface area contributed by atoms with Gasteiger partial charge in [0.2, 0.25) is 0 Å². The van der Waals surface area contributed by atoms with Crippen molar-refractivity contribution in [1.29, 1.82) is 5.26 Å². The second-order valence-electron chi connectivity index (χ2n) is 6.08. The topological polar surface area (TPSA) is 101 Å². The van der Waals surface area contributed by atoms with Crippen molar-refractivity contribution < 1.29 is 4.74 Å². The quantitative estimate of drug-likeness (QED) is 0.763. The maximum absolute atomic E-state index is 9.13. The Morgan fingerprint density at radius 2 is 2.12 bits per heavy atom. The molecule has 3 aromatic rings. The van der Waals surface area contributed by atoms with E-state index in [0.717, 1.165) is 42.8 Å². The largest absolute Gasteiger partial charge is 0.396 e. The van der Waals surface area contributed by atoms with Crippen molar-refractivity contribution >= 4 is 17.0 Å². The van der Waals surface area contributed by atoms with E-state index >= 15 is 0 Å². The lowest BCUT2D eigenvalue weighted by molar-refractivity contribution is 0.0904. The van der Waals surface area contributed by atoms with Gasteiger partial charge in [0.15, 0.2) is 0 Å². The van der Waals surface area contributed by atoms with Crippen LogP contribution in [0.25, 0.3) is 16.8 Å². The van der Waals surface area contributed by atoms with E-state index in [1.54, 1.807) is 23.0 Å². The maximum atomic E-state index is 9.13. The number of aromatic nitrogens is 3. The van der Waals surface area contributed by atoms with Crippen molar-refractivity contribution in [2.75, 3.05) is 24.3 Å². The van der Waals surface area contributed by atoms with E-state index in [1.807, 2.05) is 18.2 Å². The molecule has 0 saturated carbocycles. The average Bonchev–Trinajstić information content (AvgIpc) is 3.07. The number of hydrogen-bond acceptors (Lipinski definition) is 6. The van der Waals surface area contributed by atoms with Gasteiger partial charge in [-0.15, -0.1) is 0 Å². The summed E-state index contributed by atoms with van der Waals surface area (Å²) in [7, 11) is 0.